The highest BCUT2D eigenvalue weighted by molar-refractivity contribution is 7.25. The zero-order chi connectivity index (χ0) is 13.5. The zero-order valence-electron chi connectivity index (χ0n) is 10.8. The van der Waals surface area contributed by atoms with Crippen LogP contribution in [0.4, 0.5) is 5.69 Å². The number of thiophene rings is 1. The van der Waals surface area contributed by atoms with Crippen LogP contribution < -0.4 is 5.73 Å². The summed E-state index contributed by atoms with van der Waals surface area (Å²) in [6.45, 7) is 0. The number of fused-ring (bicyclic) bond motifs is 3. The van der Waals surface area contributed by atoms with E-state index in [1.54, 1.807) is 0 Å². The van der Waals surface area contributed by atoms with Crippen molar-refractivity contribution in [2.75, 3.05) is 5.73 Å². The molecule has 104 valence electrons. The second-order valence-electron chi connectivity index (χ2n) is 4.86. The van der Waals surface area contributed by atoms with E-state index in [-0.39, 0.29) is 7.43 Å². The van der Waals surface area contributed by atoms with Gasteiger partial charge in [0.2, 0.25) is 0 Å². The topological polar surface area (TPSA) is 26.0 Å². The van der Waals surface area contributed by atoms with Crippen LogP contribution in [-0.2, 0) is 0 Å². The van der Waals surface area contributed by atoms with Gasteiger partial charge < -0.3 is 5.73 Å². The first-order valence-corrected chi connectivity index (χ1v) is 7.41. The molecule has 0 radical (unpaired) electrons. The standard InChI is InChI=1S/C18H13NS.CH4/c19-15-9-3-1-6-12(15)13-8-5-11-17-18(13)14-7-2-4-10-16(14)20-17;/h1-11H,19H2;1H4. The second-order valence-corrected chi connectivity index (χ2v) is 5.95. The van der Waals surface area contributed by atoms with E-state index in [0.717, 1.165) is 11.3 Å². The molecule has 0 saturated carbocycles. The lowest BCUT2D eigenvalue weighted by molar-refractivity contribution is 1.65. The van der Waals surface area contributed by atoms with Crippen LogP contribution in [0, 0.1) is 0 Å². The maximum atomic E-state index is 6.16. The van der Waals surface area contributed by atoms with Crippen molar-refractivity contribution in [3.63, 3.8) is 0 Å². The van der Waals surface area contributed by atoms with Crippen LogP contribution in [0.15, 0.2) is 66.7 Å². The molecule has 0 aliphatic rings. The van der Waals surface area contributed by atoms with Gasteiger partial charge in [0.15, 0.2) is 0 Å². The first-order chi connectivity index (χ1) is 9.84. The summed E-state index contributed by atoms with van der Waals surface area (Å²) in [7, 11) is 0. The van der Waals surface area contributed by atoms with E-state index in [9.17, 15) is 0 Å². The number of nitrogen functional groups attached to an aromatic ring is 1. The van der Waals surface area contributed by atoms with Crippen molar-refractivity contribution in [3.05, 3.63) is 66.7 Å². The average Bonchev–Trinajstić information content (AvgIpc) is 2.86. The van der Waals surface area contributed by atoms with Gasteiger partial charge in [0.05, 0.1) is 0 Å². The van der Waals surface area contributed by atoms with Gasteiger partial charge in [-0.15, -0.1) is 11.3 Å². The summed E-state index contributed by atoms with van der Waals surface area (Å²) in [6.07, 6.45) is 0. The second kappa shape index (κ2) is 5.23. The smallest absolute Gasteiger partial charge is 0.0393 e. The molecule has 0 aliphatic carbocycles. The lowest BCUT2D eigenvalue weighted by Crippen LogP contribution is -1.89. The SMILES string of the molecule is C.Nc1ccccc1-c1cccc2sc3ccccc3c12. The zero-order valence-corrected chi connectivity index (χ0v) is 11.7. The number of rotatable bonds is 1. The highest BCUT2D eigenvalue weighted by atomic mass is 32.1. The molecule has 1 heterocycles. The molecule has 4 aromatic rings. The Morgan fingerprint density at radius 2 is 1.33 bits per heavy atom. The van der Waals surface area contributed by atoms with Crippen molar-refractivity contribution in [1.29, 1.82) is 0 Å². The number of benzene rings is 3. The van der Waals surface area contributed by atoms with Gasteiger partial charge in [0.1, 0.15) is 0 Å². The Balaban J connectivity index is 0.00000132. The fraction of sp³-hybridized carbons (Fsp3) is 0.0526. The third-order valence-electron chi connectivity index (χ3n) is 3.65. The van der Waals surface area contributed by atoms with E-state index in [2.05, 4.69) is 48.5 Å². The maximum Gasteiger partial charge on any atom is 0.0393 e. The van der Waals surface area contributed by atoms with E-state index in [0.29, 0.717) is 0 Å². The van der Waals surface area contributed by atoms with Gasteiger partial charge in [0, 0.05) is 31.4 Å². The molecule has 2 N–H and O–H groups in total. The molecule has 0 unspecified atom stereocenters. The predicted molar refractivity (Wildman–Crippen MR) is 95.9 cm³/mol. The molecule has 21 heavy (non-hydrogen) atoms. The fourth-order valence-electron chi connectivity index (χ4n) is 2.74. The molecule has 1 aromatic heterocycles. The summed E-state index contributed by atoms with van der Waals surface area (Å²) in [4.78, 5) is 0. The van der Waals surface area contributed by atoms with Crippen molar-refractivity contribution in [2.45, 2.75) is 7.43 Å². The third kappa shape index (κ3) is 2.08. The van der Waals surface area contributed by atoms with E-state index in [1.165, 1.54) is 25.7 Å². The van der Waals surface area contributed by atoms with Crippen LogP contribution in [0.1, 0.15) is 7.43 Å². The molecule has 2 heteroatoms. The molecule has 0 saturated heterocycles. The summed E-state index contributed by atoms with van der Waals surface area (Å²) >= 11 is 1.84. The van der Waals surface area contributed by atoms with Crippen molar-refractivity contribution >= 4 is 37.2 Å². The number of hydrogen-bond donors (Lipinski definition) is 1. The molecule has 0 bridgehead atoms. The molecule has 0 spiro atoms. The summed E-state index contributed by atoms with van der Waals surface area (Å²) in [5.74, 6) is 0. The van der Waals surface area contributed by atoms with Gasteiger partial charge >= 0.3 is 0 Å². The van der Waals surface area contributed by atoms with Crippen LogP contribution in [-0.4, -0.2) is 0 Å². The first kappa shape index (κ1) is 13.7. The molecule has 0 atom stereocenters. The van der Waals surface area contributed by atoms with Gasteiger partial charge in [-0.2, -0.15) is 0 Å². The van der Waals surface area contributed by atoms with E-state index in [1.807, 2.05) is 29.5 Å². The number of para-hydroxylation sites is 1. The maximum absolute atomic E-state index is 6.16. The Morgan fingerprint density at radius 1 is 0.667 bits per heavy atom. The minimum absolute atomic E-state index is 0. The van der Waals surface area contributed by atoms with Gasteiger partial charge in [0.25, 0.3) is 0 Å². The molecular weight excluding hydrogens is 274 g/mol. The molecule has 0 aliphatic heterocycles. The molecule has 0 amide bonds. The third-order valence-corrected chi connectivity index (χ3v) is 4.79. The Labute approximate surface area is 128 Å². The fourth-order valence-corrected chi connectivity index (χ4v) is 3.87. The highest BCUT2D eigenvalue weighted by Crippen LogP contribution is 2.40. The van der Waals surface area contributed by atoms with Crippen molar-refractivity contribution < 1.29 is 0 Å². The summed E-state index contributed by atoms with van der Waals surface area (Å²) in [5.41, 5.74) is 9.32. The van der Waals surface area contributed by atoms with E-state index < -0.39 is 0 Å². The lowest BCUT2D eigenvalue weighted by Gasteiger charge is -2.07. The van der Waals surface area contributed by atoms with Crippen molar-refractivity contribution in [1.82, 2.24) is 0 Å². The number of nitrogens with two attached hydrogens (primary N) is 1. The van der Waals surface area contributed by atoms with Crippen LogP contribution >= 0.6 is 11.3 Å². The number of hydrogen-bond acceptors (Lipinski definition) is 2. The van der Waals surface area contributed by atoms with Crippen LogP contribution in [0.25, 0.3) is 31.3 Å². The Bertz CT molecular complexity index is 921. The summed E-state index contributed by atoms with van der Waals surface area (Å²) in [6, 6.07) is 23.1. The van der Waals surface area contributed by atoms with Crippen molar-refractivity contribution in [2.24, 2.45) is 0 Å². The van der Waals surface area contributed by atoms with Crippen LogP contribution in [0.3, 0.4) is 0 Å². The molecule has 0 fully saturated rings. The van der Waals surface area contributed by atoms with Gasteiger partial charge in [-0.1, -0.05) is 56.0 Å². The largest absolute Gasteiger partial charge is 0.398 e. The summed E-state index contributed by atoms with van der Waals surface area (Å²) in [5, 5.41) is 2.62. The van der Waals surface area contributed by atoms with E-state index >= 15 is 0 Å². The first-order valence-electron chi connectivity index (χ1n) is 6.60. The lowest BCUT2D eigenvalue weighted by atomic mass is 9.98. The number of anilines is 1. The predicted octanol–water partition coefficient (Wildman–Crippen LogP) is 5.94. The van der Waals surface area contributed by atoms with E-state index in [4.69, 9.17) is 5.73 Å². The Kier molecular flexibility index (Phi) is 3.40. The minimum atomic E-state index is 0. The molecular formula is C19H17NS. The van der Waals surface area contributed by atoms with Crippen molar-refractivity contribution in [3.8, 4) is 11.1 Å². The van der Waals surface area contributed by atoms with Gasteiger partial charge in [-0.05, 0) is 23.8 Å². The highest BCUT2D eigenvalue weighted by Gasteiger charge is 2.11. The normalized spacial score (nSPS) is 10.7. The van der Waals surface area contributed by atoms with Gasteiger partial charge in [-0.3, -0.25) is 0 Å². The minimum Gasteiger partial charge on any atom is -0.398 e. The quantitative estimate of drug-likeness (QED) is 0.431. The molecule has 4 rings (SSSR count). The molecule has 3 aromatic carbocycles. The Morgan fingerprint density at radius 3 is 2.19 bits per heavy atom. The Hall–Kier alpha value is -2.32. The average molecular weight is 291 g/mol. The molecule has 1 nitrogen and oxygen atoms in total. The summed E-state index contributed by atoms with van der Waals surface area (Å²) < 4.78 is 2.64. The van der Waals surface area contributed by atoms with Crippen LogP contribution in [0.2, 0.25) is 0 Å². The van der Waals surface area contributed by atoms with Crippen LogP contribution in [0.5, 0.6) is 0 Å². The monoisotopic (exact) mass is 291 g/mol. The van der Waals surface area contributed by atoms with Gasteiger partial charge in [-0.25, -0.2) is 0 Å².